The van der Waals surface area contributed by atoms with Gasteiger partial charge in [-0.05, 0) is 140 Å². The van der Waals surface area contributed by atoms with Crippen molar-refractivity contribution in [2.75, 3.05) is 0 Å². The molecule has 0 saturated heterocycles. The fraction of sp³-hybridized carbons (Fsp3) is 0.0492. The van der Waals surface area contributed by atoms with Crippen molar-refractivity contribution in [2.45, 2.75) is 19.3 Å². The summed E-state index contributed by atoms with van der Waals surface area (Å²) in [4.78, 5) is 0. The fourth-order valence-corrected chi connectivity index (χ4v) is 11.0. The van der Waals surface area contributed by atoms with E-state index >= 15 is 0 Å². The van der Waals surface area contributed by atoms with E-state index in [1.807, 2.05) is 12.1 Å². The number of furan rings is 1. The molecular formula is C61H40O. The van der Waals surface area contributed by atoms with E-state index in [4.69, 9.17) is 4.42 Å². The number of rotatable bonds is 4. The van der Waals surface area contributed by atoms with Crippen molar-refractivity contribution in [2.24, 2.45) is 0 Å². The van der Waals surface area contributed by atoms with E-state index < -0.39 is 0 Å². The summed E-state index contributed by atoms with van der Waals surface area (Å²) in [6.07, 6.45) is 0. The van der Waals surface area contributed by atoms with Crippen LogP contribution in [0.4, 0.5) is 0 Å². The largest absolute Gasteiger partial charge is 0.456 e. The Labute approximate surface area is 360 Å². The summed E-state index contributed by atoms with van der Waals surface area (Å²) >= 11 is 0. The molecule has 1 nitrogen and oxygen atoms in total. The van der Waals surface area contributed by atoms with Crippen LogP contribution in [0.2, 0.25) is 0 Å². The molecule has 290 valence electrons. The van der Waals surface area contributed by atoms with Gasteiger partial charge in [0.1, 0.15) is 11.2 Å². The minimum Gasteiger partial charge on any atom is -0.456 e. The molecule has 0 spiro atoms. The van der Waals surface area contributed by atoms with Gasteiger partial charge in [-0.25, -0.2) is 0 Å². The van der Waals surface area contributed by atoms with Crippen molar-refractivity contribution < 1.29 is 4.42 Å². The topological polar surface area (TPSA) is 13.1 Å². The van der Waals surface area contributed by atoms with Gasteiger partial charge in [-0.2, -0.15) is 0 Å². The van der Waals surface area contributed by atoms with Crippen molar-refractivity contribution >= 4 is 65.0 Å². The Hall–Kier alpha value is -7.74. The molecule has 13 rings (SSSR count). The Morgan fingerprint density at radius 2 is 0.742 bits per heavy atom. The molecule has 1 aliphatic carbocycles. The lowest BCUT2D eigenvalue weighted by atomic mass is 9.79. The molecular weight excluding hydrogens is 749 g/mol. The molecule has 1 aliphatic rings. The van der Waals surface area contributed by atoms with Crippen LogP contribution in [-0.2, 0) is 5.41 Å². The Kier molecular flexibility index (Phi) is 7.42. The van der Waals surface area contributed by atoms with Crippen molar-refractivity contribution in [3.63, 3.8) is 0 Å². The Balaban J connectivity index is 0.930. The summed E-state index contributed by atoms with van der Waals surface area (Å²) in [5, 5.41) is 12.6. The Morgan fingerprint density at radius 1 is 0.290 bits per heavy atom. The van der Waals surface area contributed by atoms with Gasteiger partial charge in [0.25, 0.3) is 0 Å². The molecule has 1 heterocycles. The predicted octanol–water partition coefficient (Wildman–Crippen LogP) is 17.2. The van der Waals surface area contributed by atoms with Crippen LogP contribution in [0.5, 0.6) is 0 Å². The normalized spacial score (nSPS) is 13.1. The van der Waals surface area contributed by atoms with Crippen molar-refractivity contribution in [3.05, 3.63) is 217 Å². The van der Waals surface area contributed by atoms with Crippen LogP contribution in [0.1, 0.15) is 25.0 Å². The van der Waals surface area contributed by atoms with Gasteiger partial charge in [0.15, 0.2) is 0 Å². The standard InChI is InChI=1S/C61H40O/c1-61(2)54-32-30-40(36-53(54)59-46-19-5-3-16-43(46)44-17-4-10-24-51(44)60(59)61)37-26-28-38(29-27-37)57-47-20-6-8-22-49(47)58(50-23-9-7-21-48(50)57)42-15-13-14-39(34-42)41-31-33-56-52(35-41)45-18-11-12-25-55(45)62-56/h3-36H,1-2H3. The summed E-state index contributed by atoms with van der Waals surface area (Å²) in [7, 11) is 0. The van der Waals surface area contributed by atoms with Crippen LogP contribution in [0.15, 0.2) is 211 Å². The van der Waals surface area contributed by atoms with Crippen LogP contribution in [0.3, 0.4) is 0 Å². The number of fused-ring (bicyclic) bond motifs is 13. The summed E-state index contributed by atoms with van der Waals surface area (Å²) in [6, 6.07) is 76.1. The Morgan fingerprint density at radius 3 is 1.42 bits per heavy atom. The minimum absolute atomic E-state index is 0.115. The number of hydrogen-bond donors (Lipinski definition) is 0. The highest BCUT2D eigenvalue weighted by atomic mass is 16.3. The average molecular weight is 789 g/mol. The van der Waals surface area contributed by atoms with Crippen LogP contribution in [-0.4, -0.2) is 0 Å². The van der Waals surface area contributed by atoms with Gasteiger partial charge in [0.2, 0.25) is 0 Å². The third-order valence-electron chi connectivity index (χ3n) is 13.8. The van der Waals surface area contributed by atoms with Crippen LogP contribution in [0.25, 0.3) is 121 Å². The molecule has 62 heavy (non-hydrogen) atoms. The molecule has 0 amide bonds. The van der Waals surface area contributed by atoms with Crippen LogP contribution >= 0.6 is 0 Å². The van der Waals surface area contributed by atoms with E-state index in [9.17, 15) is 0 Å². The molecule has 0 unspecified atom stereocenters. The zero-order valence-corrected chi connectivity index (χ0v) is 34.5. The monoisotopic (exact) mass is 788 g/mol. The number of para-hydroxylation sites is 1. The predicted molar refractivity (Wildman–Crippen MR) is 263 cm³/mol. The molecule has 0 bridgehead atoms. The maximum atomic E-state index is 6.17. The molecule has 11 aromatic carbocycles. The highest BCUT2D eigenvalue weighted by molar-refractivity contribution is 6.22. The highest BCUT2D eigenvalue weighted by Gasteiger charge is 2.38. The molecule has 0 fully saturated rings. The molecule has 0 aliphatic heterocycles. The molecule has 12 aromatic rings. The summed E-state index contributed by atoms with van der Waals surface area (Å²) in [5.41, 5.74) is 17.0. The van der Waals surface area contributed by atoms with Gasteiger partial charge < -0.3 is 4.42 Å². The maximum Gasteiger partial charge on any atom is 0.135 e. The Bertz CT molecular complexity index is 3770. The van der Waals surface area contributed by atoms with Crippen molar-refractivity contribution in [1.29, 1.82) is 0 Å². The summed E-state index contributed by atoms with van der Waals surface area (Å²) < 4.78 is 6.17. The molecule has 0 N–H and O–H groups in total. The lowest BCUT2D eigenvalue weighted by Crippen LogP contribution is -2.15. The third-order valence-corrected chi connectivity index (χ3v) is 13.8. The second-order valence-corrected chi connectivity index (χ2v) is 17.5. The molecule has 0 atom stereocenters. The van der Waals surface area contributed by atoms with E-state index in [0.29, 0.717) is 0 Å². The summed E-state index contributed by atoms with van der Waals surface area (Å²) in [5.74, 6) is 0. The van der Waals surface area contributed by atoms with Crippen LogP contribution in [0, 0.1) is 0 Å². The third kappa shape index (κ3) is 5.03. The molecule has 1 aromatic heterocycles. The van der Waals surface area contributed by atoms with Crippen LogP contribution < -0.4 is 0 Å². The maximum absolute atomic E-state index is 6.17. The van der Waals surface area contributed by atoms with E-state index in [0.717, 1.165) is 21.9 Å². The zero-order chi connectivity index (χ0) is 41.1. The SMILES string of the molecule is CC1(C)c2ccc(-c3ccc(-c4c5ccccc5c(-c5cccc(-c6ccc7oc8ccccc8c7c6)c5)c5ccccc45)cc3)cc2-c2c1c1ccccc1c1ccccc21. The number of hydrogen-bond acceptors (Lipinski definition) is 1. The highest BCUT2D eigenvalue weighted by Crippen LogP contribution is 2.55. The minimum atomic E-state index is -0.115. The van der Waals surface area contributed by atoms with Gasteiger partial charge in [-0.1, -0.05) is 190 Å². The quantitative estimate of drug-likeness (QED) is 0.128. The van der Waals surface area contributed by atoms with E-state index in [-0.39, 0.29) is 5.41 Å². The lowest BCUT2D eigenvalue weighted by Gasteiger charge is -2.24. The van der Waals surface area contributed by atoms with Crippen molar-refractivity contribution in [1.82, 2.24) is 0 Å². The van der Waals surface area contributed by atoms with E-state index in [1.54, 1.807) is 0 Å². The van der Waals surface area contributed by atoms with Gasteiger partial charge in [-0.3, -0.25) is 0 Å². The second kappa shape index (κ2) is 13.1. The first kappa shape index (κ1) is 35.1. The lowest BCUT2D eigenvalue weighted by molar-refractivity contribution is 0.666. The van der Waals surface area contributed by atoms with Crippen molar-refractivity contribution in [3.8, 4) is 55.6 Å². The molecule has 0 radical (unpaired) electrons. The van der Waals surface area contributed by atoms with E-state index in [1.165, 1.54) is 110 Å². The van der Waals surface area contributed by atoms with E-state index in [2.05, 4.69) is 208 Å². The molecule has 1 heteroatoms. The van der Waals surface area contributed by atoms with Gasteiger partial charge in [0, 0.05) is 16.2 Å². The fourth-order valence-electron chi connectivity index (χ4n) is 11.0. The molecule has 0 saturated carbocycles. The van der Waals surface area contributed by atoms with Gasteiger partial charge in [-0.15, -0.1) is 0 Å². The first-order valence-electron chi connectivity index (χ1n) is 21.7. The number of benzene rings is 11. The average Bonchev–Trinajstić information content (AvgIpc) is 3.82. The second-order valence-electron chi connectivity index (χ2n) is 17.5. The first-order chi connectivity index (χ1) is 30.5. The zero-order valence-electron chi connectivity index (χ0n) is 34.5. The smallest absolute Gasteiger partial charge is 0.135 e. The van der Waals surface area contributed by atoms with Gasteiger partial charge >= 0.3 is 0 Å². The van der Waals surface area contributed by atoms with Gasteiger partial charge in [0.05, 0.1) is 0 Å². The summed E-state index contributed by atoms with van der Waals surface area (Å²) in [6.45, 7) is 4.79. The first-order valence-corrected chi connectivity index (χ1v) is 21.7.